The van der Waals surface area contributed by atoms with Gasteiger partial charge in [0.2, 0.25) is 0 Å². The van der Waals surface area contributed by atoms with Crippen molar-refractivity contribution in [3.8, 4) is 0 Å². The fourth-order valence-corrected chi connectivity index (χ4v) is 2.85. The second-order valence-electron chi connectivity index (χ2n) is 4.68. The molecule has 2 aromatic rings. The number of aromatic nitrogens is 1. The van der Waals surface area contributed by atoms with Crippen LogP contribution < -0.4 is 5.32 Å². The number of thioether (sulfide) groups is 1. The number of nitro groups is 1. The van der Waals surface area contributed by atoms with Gasteiger partial charge in [0.25, 0.3) is 0 Å². The third-order valence-electron chi connectivity index (χ3n) is 3.36. The maximum absolute atomic E-state index is 11.4. The summed E-state index contributed by atoms with van der Waals surface area (Å²) in [5.74, 6) is 0. The number of rotatable bonds is 6. The zero-order chi connectivity index (χ0) is 15.4. The molecule has 2 N–H and O–H groups in total. The molecule has 0 aliphatic rings. The molecule has 0 amide bonds. The van der Waals surface area contributed by atoms with Gasteiger partial charge in [0.05, 0.1) is 22.4 Å². The van der Waals surface area contributed by atoms with Crippen LogP contribution in [0.25, 0.3) is 10.9 Å². The normalized spacial score (nSPS) is 13.9. The SMILES string of the molecule is CSC(CO)C(C)Nc1ccc2ncccc2c1[N+](=O)[O-]. The van der Waals surface area contributed by atoms with Gasteiger partial charge in [-0.1, -0.05) is 0 Å². The van der Waals surface area contributed by atoms with E-state index in [2.05, 4.69) is 10.3 Å². The number of fused-ring (bicyclic) bond motifs is 1. The number of aliphatic hydroxyl groups excluding tert-OH is 1. The maximum atomic E-state index is 11.4. The summed E-state index contributed by atoms with van der Waals surface area (Å²) in [4.78, 5) is 15.1. The molecule has 0 saturated carbocycles. The van der Waals surface area contributed by atoms with Crippen LogP contribution >= 0.6 is 11.8 Å². The van der Waals surface area contributed by atoms with E-state index in [1.807, 2.05) is 13.2 Å². The Labute approximate surface area is 126 Å². The largest absolute Gasteiger partial charge is 0.395 e. The molecule has 0 fully saturated rings. The average Bonchev–Trinajstić information content (AvgIpc) is 2.47. The average molecular weight is 307 g/mol. The van der Waals surface area contributed by atoms with Crippen molar-refractivity contribution < 1.29 is 10.0 Å². The summed E-state index contributed by atoms with van der Waals surface area (Å²) in [7, 11) is 0. The molecule has 0 spiro atoms. The molecule has 1 aromatic heterocycles. The van der Waals surface area contributed by atoms with Gasteiger partial charge in [0, 0.05) is 17.5 Å². The van der Waals surface area contributed by atoms with Crippen LogP contribution in [-0.4, -0.2) is 39.2 Å². The Bertz CT molecular complexity index is 646. The molecule has 1 heterocycles. The highest BCUT2D eigenvalue weighted by Gasteiger charge is 2.22. The predicted octanol–water partition coefficient (Wildman–Crippen LogP) is 2.67. The van der Waals surface area contributed by atoms with Crippen molar-refractivity contribution in [1.82, 2.24) is 4.98 Å². The zero-order valence-electron chi connectivity index (χ0n) is 11.8. The van der Waals surface area contributed by atoms with E-state index in [-0.39, 0.29) is 23.6 Å². The Morgan fingerprint density at radius 1 is 1.48 bits per heavy atom. The molecule has 7 heteroatoms. The molecule has 0 radical (unpaired) electrons. The van der Waals surface area contributed by atoms with Crippen LogP contribution in [0.5, 0.6) is 0 Å². The van der Waals surface area contributed by atoms with Crippen LogP contribution in [0.15, 0.2) is 30.5 Å². The van der Waals surface area contributed by atoms with Gasteiger partial charge >= 0.3 is 5.69 Å². The number of nitrogens with one attached hydrogen (secondary N) is 1. The molecule has 1 aromatic carbocycles. The number of hydrogen-bond donors (Lipinski definition) is 2. The lowest BCUT2D eigenvalue weighted by Crippen LogP contribution is -2.31. The molecule has 0 aliphatic carbocycles. The fourth-order valence-electron chi connectivity index (χ4n) is 2.23. The van der Waals surface area contributed by atoms with Crippen molar-refractivity contribution in [1.29, 1.82) is 0 Å². The first-order chi connectivity index (χ1) is 10.1. The molecule has 2 rings (SSSR count). The van der Waals surface area contributed by atoms with Gasteiger partial charge in [0.15, 0.2) is 0 Å². The van der Waals surface area contributed by atoms with E-state index < -0.39 is 4.92 Å². The first-order valence-electron chi connectivity index (χ1n) is 6.50. The molecule has 0 aliphatic heterocycles. The van der Waals surface area contributed by atoms with Crippen molar-refractivity contribution in [2.75, 3.05) is 18.2 Å². The topological polar surface area (TPSA) is 88.3 Å². The summed E-state index contributed by atoms with van der Waals surface area (Å²) in [5, 5.41) is 24.3. The van der Waals surface area contributed by atoms with E-state index in [1.165, 1.54) is 11.8 Å². The van der Waals surface area contributed by atoms with Gasteiger partial charge in [-0.2, -0.15) is 11.8 Å². The summed E-state index contributed by atoms with van der Waals surface area (Å²) in [5.41, 5.74) is 1.05. The quantitative estimate of drug-likeness (QED) is 0.630. The van der Waals surface area contributed by atoms with Gasteiger partial charge in [-0.25, -0.2) is 0 Å². The van der Waals surface area contributed by atoms with E-state index in [9.17, 15) is 15.2 Å². The van der Waals surface area contributed by atoms with Crippen molar-refractivity contribution in [3.63, 3.8) is 0 Å². The third kappa shape index (κ3) is 3.25. The second-order valence-corrected chi connectivity index (χ2v) is 5.76. The van der Waals surface area contributed by atoms with E-state index in [0.29, 0.717) is 16.6 Å². The highest BCUT2D eigenvalue weighted by atomic mass is 32.2. The Hall–Kier alpha value is -1.86. The summed E-state index contributed by atoms with van der Waals surface area (Å²) in [6, 6.07) is 6.69. The molecular weight excluding hydrogens is 290 g/mol. The number of nitrogens with zero attached hydrogens (tertiary/aromatic N) is 2. The smallest absolute Gasteiger partial charge is 0.301 e. The Morgan fingerprint density at radius 2 is 2.24 bits per heavy atom. The third-order valence-corrected chi connectivity index (χ3v) is 4.53. The zero-order valence-corrected chi connectivity index (χ0v) is 12.6. The first-order valence-corrected chi connectivity index (χ1v) is 7.79. The van der Waals surface area contributed by atoms with Crippen LogP contribution in [0, 0.1) is 10.1 Å². The first kappa shape index (κ1) is 15.5. The molecule has 0 saturated heterocycles. The Kier molecular flexibility index (Phi) is 4.98. The van der Waals surface area contributed by atoms with Gasteiger partial charge in [-0.3, -0.25) is 15.1 Å². The summed E-state index contributed by atoms with van der Waals surface area (Å²) in [6.07, 6.45) is 3.51. The minimum atomic E-state index is -0.397. The Balaban J connectivity index is 2.44. The van der Waals surface area contributed by atoms with Crippen LogP contribution in [0.4, 0.5) is 11.4 Å². The highest BCUT2D eigenvalue weighted by molar-refractivity contribution is 7.99. The monoisotopic (exact) mass is 307 g/mol. The minimum Gasteiger partial charge on any atom is -0.395 e. The number of hydrogen-bond acceptors (Lipinski definition) is 6. The predicted molar refractivity (Wildman–Crippen MR) is 85.9 cm³/mol. The maximum Gasteiger partial charge on any atom is 0.301 e. The van der Waals surface area contributed by atoms with Gasteiger partial charge in [0.1, 0.15) is 5.69 Å². The molecule has 2 atom stereocenters. The second kappa shape index (κ2) is 6.73. The molecule has 0 bridgehead atoms. The number of pyridine rings is 1. The summed E-state index contributed by atoms with van der Waals surface area (Å²) < 4.78 is 0. The fraction of sp³-hybridized carbons (Fsp3) is 0.357. The number of benzene rings is 1. The molecule has 6 nitrogen and oxygen atoms in total. The molecule has 2 unspecified atom stereocenters. The number of aliphatic hydroxyl groups is 1. The number of nitro benzene ring substituents is 1. The van der Waals surface area contributed by atoms with Crippen LogP contribution in [-0.2, 0) is 0 Å². The number of anilines is 1. The van der Waals surface area contributed by atoms with Crippen molar-refractivity contribution >= 4 is 34.0 Å². The van der Waals surface area contributed by atoms with E-state index >= 15 is 0 Å². The van der Waals surface area contributed by atoms with Gasteiger partial charge in [-0.05, 0) is 37.4 Å². The van der Waals surface area contributed by atoms with E-state index in [0.717, 1.165) is 0 Å². The van der Waals surface area contributed by atoms with Gasteiger partial charge in [-0.15, -0.1) is 0 Å². The van der Waals surface area contributed by atoms with E-state index in [1.54, 1.807) is 30.5 Å². The molecule has 21 heavy (non-hydrogen) atoms. The lowest BCUT2D eigenvalue weighted by Gasteiger charge is -2.22. The molecule has 112 valence electrons. The lowest BCUT2D eigenvalue weighted by molar-refractivity contribution is -0.382. The van der Waals surface area contributed by atoms with Gasteiger partial charge < -0.3 is 10.4 Å². The van der Waals surface area contributed by atoms with Crippen LogP contribution in [0.2, 0.25) is 0 Å². The summed E-state index contributed by atoms with van der Waals surface area (Å²) in [6.45, 7) is 1.91. The van der Waals surface area contributed by atoms with Crippen LogP contribution in [0.1, 0.15) is 6.92 Å². The van der Waals surface area contributed by atoms with Crippen molar-refractivity contribution in [3.05, 3.63) is 40.6 Å². The van der Waals surface area contributed by atoms with E-state index in [4.69, 9.17) is 0 Å². The Morgan fingerprint density at radius 3 is 2.86 bits per heavy atom. The van der Waals surface area contributed by atoms with Crippen molar-refractivity contribution in [2.24, 2.45) is 0 Å². The lowest BCUT2D eigenvalue weighted by atomic mass is 10.1. The summed E-state index contributed by atoms with van der Waals surface area (Å²) >= 11 is 1.52. The highest BCUT2D eigenvalue weighted by Crippen LogP contribution is 2.33. The van der Waals surface area contributed by atoms with Crippen molar-refractivity contribution in [2.45, 2.75) is 18.2 Å². The molecular formula is C14H17N3O3S. The minimum absolute atomic E-state index is 0.0122. The standard InChI is InChI=1S/C14H17N3O3S/c1-9(13(8-18)21-2)16-12-6-5-11-10(4-3-7-15-11)14(12)17(19)20/h3-7,9,13,16,18H,8H2,1-2H3. The van der Waals surface area contributed by atoms with Crippen LogP contribution in [0.3, 0.4) is 0 Å².